The van der Waals surface area contributed by atoms with E-state index < -0.39 is 0 Å². The molecule has 0 atom stereocenters. The first-order chi connectivity index (χ1) is 13.6. The minimum atomic E-state index is 0.594. The van der Waals surface area contributed by atoms with Crippen LogP contribution >= 0.6 is 0 Å². The molecule has 6 N–H and O–H groups in total. The van der Waals surface area contributed by atoms with Crippen molar-refractivity contribution in [1.29, 1.82) is 0 Å². The van der Waals surface area contributed by atoms with Crippen molar-refractivity contribution >= 4 is 34.1 Å². The fourth-order valence-electron chi connectivity index (χ4n) is 2.76. The van der Waals surface area contributed by atoms with E-state index in [1.165, 1.54) is 0 Å². The zero-order valence-electron chi connectivity index (χ0n) is 16.2. The van der Waals surface area contributed by atoms with Gasteiger partial charge in [0, 0.05) is 11.4 Å². The fourth-order valence-corrected chi connectivity index (χ4v) is 2.76. The molecule has 0 fully saturated rings. The molecule has 0 aliphatic carbocycles. The van der Waals surface area contributed by atoms with Gasteiger partial charge in [0.1, 0.15) is 11.5 Å². The van der Waals surface area contributed by atoms with Gasteiger partial charge >= 0.3 is 0 Å². The lowest BCUT2D eigenvalue weighted by Crippen LogP contribution is -2.02. The van der Waals surface area contributed by atoms with Gasteiger partial charge in [-0.1, -0.05) is 0 Å². The normalized spacial score (nSPS) is 10.4. The van der Waals surface area contributed by atoms with E-state index in [9.17, 15) is 0 Å². The molecule has 0 aliphatic heterocycles. The van der Waals surface area contributed by atoms with E-state index in [2.05, 4.69) is 10.6 Å². The van der Waals surface area contributed by atoms with Crippen LogP contribution in [0.15, 0.2) is 60.7 Å². The number of benzene rings is 3. The molecule has 0 spiro atoms. The summed E-state index contributed by atoms with van der Waals surface area (Å²) in [7, 11) is 0. The lowest BCUT2D eigenvalue weighted by Gasteiger charge is -2.15. The average molecular weight is 378 g/mol. The summed E-state index contributed by atoms with van der Waals surface area (Å²) in [5.41, 5.74) is 17.0. The van der Waals surface area contributed by atoms with E-state index in [0.29, 0.717) is 24.6 Å². The molecular formula is C22H26N4O2. The molecule has 0 saturated carbocycles. The molecule has 0 radical (unpaired) electrons. The molecule has 6 heteroatoms. The van der Waals surface area contributed by atoms with Crippen LogP contribution in [-0.2, 0) is 0 Å². The third-order valence-electron chi connectivity index (χ3n) is 4.11. The summed E-state index contributed by atoms with van der Waals surface area (Å²) in [5.74, 6) is 1.66. The van der Waals surface area contributed by atoms with E-state index in [4.69, 9.17) is 20.9 Å². The number of nitrogens with one attached hydrogen (secondary N) is 2. The Balaban J connectivity index is 1.73. The summed E-state index contributed by atoms with van der Waals surface area (Å²) < 4.78 is 10.9. The second-order valence-corrected chi connectivity index (χ2v) is 6.19. The summed E-state index contributed by atoms with van der Waals surface area (Å²) in [5, 5.41) is 6.58. The second kappa shape index (κ2) is 8.90. The Kier molecular flexibility index (Phi) is 6.11. The topological polar surface area (TPSA) is 94.6 Å². The number of ether oxygens (including phenoxy) is 2. The summed E-state index contributed by atoms with van der Waals surface area (Å²) in [6.45, 7) is 5.19. The Morgan fingerprint density at radius 3 is 1.32 bits per heavy atom. The number of hydrogen-bond acceptors (Lipinski definition) is 6. The first kappa shape index (κ1) is 19.2. The molecule has 3 aromatic carbocycles. The lowest BCUT2D eigenvalue weighted by atomic mass is 10.2. The maximum atomic E-state index is 6.23. The molecule has 0 amide bonds. The summed E-state index contributed by atoms with van der Waals surface area (Å²) >= 11 is 0. The molecule has 3 aromatic rings. The van der Waals surface area contributed by atoms with Crippen molar-refractivity contribution in [2.45, 2.75) is 13.8 Å². The summed E-state index contributed by atoms with van der Waals surface area (Å²) in [4.78, 5) is 0. The van der Waals surface area contributed by atoms with Crippen molar-refractivity contribution in [2.24, 2.45) is 0 Å². The smallest absolute Gasteiger partial charge is 0.119 e. The van der Waals surface area contributed by atoms with Crippen LogP contribution in [0.5, 0.6) is 11.5 Å². The standard InChI is InChI=1S/C22H26N4O2/c1-3-27-17-9-5-15(6-10-17)25-21-13-20(24)22(14-19(21)23)26-16-7-11-18(12-8-16)28-4-2/h5-14,25-26H,3-4,23-24H2,1-2H3. The van der Waals surface area contributed by atoms with Gasteiger partial charge in [-0.25, -0.2) is 0 Å². The van der Waals surface area contributed by atoms with Crippen LogP contribution < -0.4 is 31.6 Å². The molecule has 146 valence electrons. The van der Waals surface area contributed by atoms with Crippen LogP contribution in [0.2, 0.25) is 0 Å². The average Bonchev–Trinajstić information content (AvgIpc) is 2.69. The van der Waals surface area contributed by atoms with E-state index in [1.54, 1.807) is 0 Å². The number of rotatable bonds is 8. The Morgan fingerprint density at radius 1 is 0.643 bits per heavy atom. The highest BCUT2D eigenvalue weighted by molar-refractivity contribution is 5.85. The van der Waals surface area contributed by atoms with E-state index in [0.717, 1.165) is 34.2 Å². The monoisotopic (exact) mass is 378 g/mol. The van der Waals surface area contributed by atoms with Gasteiger partial charge in [0.15, 0.2) is 0 Å². The van der Waals surface area contributed by atoms with Gasteiger partial charge in [-0.05, 0) is 74.5 Å². The number of nitrogen functional groups attached to an aromatic ring is 2. The third-order valence-corrected chi connectivity index (χ3v) is 4.11. The lowest BCUT2D eigenvalue weighted by molar-refractivity contribution is 0.340. The quantitative estimate of drug-likeness (QED) is 0.406. The van der Waals surface area contributed by atoms with E-state index in [1.807, 2.05) is 74.5 Å². The van der Waals surface area contributed by atoms with Crippen molar-refractivity contribution in [3.8, 4) is 11.5 Å². The maximum Gasteiger partial charge on any atom is 0.119 e. The molecule has 28 heavy (non-hydrogen) atoms. The molecule has 3 rings (SSSR count). The number of anilines is 6. The van der Waals surface area contributed by atoms with Crippen LogP contribution in [0.1, 0.15) is 13.8 Å². The number of nitrogens with two attached hydrogens (primary N) is 2. The molecule has 0 heterocycles. The highest BCUT2D eigenvalue weighted by atomic mass is 16.5. The minimum Gasteiger partial charge on any atom is -0.494 e. The Labute approximate surface area is 165 Å². The molecule has 6 nitrogen and oxygen atoms in total. The SMILES string of the molecule is CCOc1ccc(Nc2cc(N)c(Nc3ccc(OCC)cc3)cc2N)cc1. The van der Waals surface area contributed by atoms with Gasteiger partial charge in [-0.2, -0.15) is 0 Å². The predicted octanol–water partition coefficient (Wildman–Crippen LogP) is 5.14. The fraction of sp³-hybridized carbons (Fsp3) is 0.182. The van der Waals surface area contributed by atoms with Crippen LogP contribution in [-0.4, -0.2) is 13.2 Å². The van der Waals surface area contributed by atoms with Gasteiger partial charge in [0.25, 0.3) is 0 Å². The Morgan fingerprint density at radius 2 is 1.00 bits per heavy atom. The van der Waals surface area contributed by atoms with Crippen molar-refractivity contribution in [3.63, 3.8) is 0 Å². The van der Waals surface area contributed by atoms with E-state index in [-0.39, 0.29) is 0 Å². The van der Waals surface area contributed by atoms with Crippen LogP contribution in [0.4, 0.5) is 34.1 Å². The summed E-state index contributed by atoms with van der Waals surface area (Å²) in [6.07, 6.45) is 0. The van der Waals surface area contributed by atoms with Gasteiger partial charge in [-0.15, -0.1) is 0 Å². The third kappa shape index (κ3) is 4.79. The zero-order chi connectivity index (χ0) is 19.9. The highest BCUT2D eigenvalue weighted by Gasteiger charge is 2.07. The van der Waals surface area contributed by atoms with Gasteiger partial charge in [0.05, 0.1) is 36.0 Å². The first-order valence-corrected chi connectivity index (χ1v) is 9.27. The molecule has 0 saturated heterocycles. The van der Waals surface area contributed by atoms with Crippen molar-refractivity contribution in [2.75, 3.05) is 35.3 Å². The molecular weight excluding hydrogens is 352 g/mol. The van der Waals surface area contributed by atoms with Crippen molar-refractivity contribution in [1.82, 2.24) is 0 Å². The minimum absolute atomic E-state index is 0.594. The van der Waals surface area contributed by atoms with Gasteiger partial charge in [-0.3, -0.25) is 0 Å². The van der Waals surface area contributed by atoms with Crippen molar-refractivity contribution < 1.29 is 9.47 Å². The van der Waals surface area contributed by atoms with Crippen LogP contribution in [0.25, 0.3) is 0 Å². The largest absolute Gasteiger partial charge is 0.494 e. The molecule has 0 unspecified atom stereocenters. The van der Waals surface area contributed by atoms with Crippen LogP contribution in [0.3, 0.4) is 0 Å². The first-order valence-electron chi connectivity index (χ1n) is 9.27. The van der Waals surface area contributed by atoms with Crippen LogP contribution in [0, 0.1) is 0 Å². The molecule has 0 aliphatic rings. The van der Waals surface area contributed by atoms with Gasteiger partial charge in [0.2, 0.25) is 0 Å². The van der Waals surface area contributed by atoms with Gasteiger partial charge < -0.3 is 31.6 Å². The number of hydrogen-bond donors (Lipinski definition) is 4. The Hall–Kier alpha value is -3.54. The predicted molar refractivity (Wildman–Crippen MR) is 117 cm³/mol. The molecule has 0 aromatic heterocycles. The maximum absolute atomic E-state index is 6.23. The van der Waals surface area contributed by atoms with Crippen molar-refractivity contribution in [3.05, 3.63) is 60.7 Å². The molecule has 0 bridgehead atoms. The second-order valence-electron chi connectivity index (χ2n) is 6.19. The highest BCUT2D eigenvalue weighted by Crippen LogP contribution is 2.33. The summed E-state index contributed by atoms with van der Waals surface area (Å²) in [6, 6.07) is 19.0. The zero-order valence-corrected chi connectivity index (χ0v) is 16.2. The Bertz CT molecular complexity index is 832. The van der Waals surface area contributed by atoms with E-state index >= 15 is 0 Å².